The Bertz CT molecular complexity index is 459. The van der Waals surface area contributed by atoms with Crippen LogP contribution in [0.15, 0.2) is 36.4 Å². The minimum atomic E-state index is -0.383. The lowest BCUT2D eigenvalue weighted by Crippen LogP contribution is -2.86. The number of quaternary nitrogens is 1. The SMILES string of the molecule is CC(C)(OC(=O)/C=C/c1ccccc1)C1CC[NH2+]CC1. The van der Waals surface area contributed by atoms with E-state index < -0.39 is 0 Å². The van der Waals surface area contributed by atoms with Crippen molar-refractivity contribution >= 4 is 12.0 Å². The zero-order valence-electron chi connectivity index (χ0n) is 12.3. The van der Waals surface area contributed by atoms with E-state index in [1.165, 1.54) is 6.08 Å². The third kappa shape index (κ3) is 4.20. The molecule has 0 aliphatic carbocycles. The summed E-state index contributed by atoms with van der Waals surface area (Å²) in [5.41, 5.74) is 0.626. The van der Waals surface area contributed by atoms with Crippen LogP contribution in [0.2, 0.25) is 0 Å². The molecule has 3 heteroatoms. The summed E-state index contributed by atoms with van der Waals surface area (Å²) in [6.07, 6.45) is 5.55. The summed E-state index contributed by atoms with van der Waals surface area (Å²) in [4.78, 5) is 12.0. The third-order valence-electron chi connectivity index (χ3n) is 4.00. The molecule has 0 amide bonds. The van der Waals surface area contributed by atoms with Crippen LogP contribution in [0.5, 0.6) is 0 Å². The second-order valence-electron chi connectivity index (χ2n) is 5.91. The minimum Gasteiger partial charge on any atom is -0.456 e. The van der Waals surface area contributed by atoms with Crippen molar-refractivity contribution in [2.24, 2.45) is 5.92 Å². The number of esters is 1. The maximum atomic E-state index is 12.0. The number of hydrogen-bond acceptors (Lipinski definition) is 2. The first-order valence-corrected chi connectivity index (χ1v) is 7.36. The molecule has 20 heavy (non-hydrogen) atoms. The van der Waals surface area contributed by atoms with Crippen molar-refractivity contribution in [1.82, 2.24) is 0 Å². The molecule has 0 atom stereocenters. The van der Waals surface area contributed by atoms with Gasteiger partial charge in [-0.2, -0.15) is 0 Å². The van der Waals surface area contributed by atoms with Crippen LogP contribution in [0.25, 0.3) is 6.08 Å². The van der Waals surface area contributed by atoms with Gasteiger partial charge in [0.2, 0.25) is 0 Å². The van der Waals surface area contributed by atoms with E-state index in [2.05, 4.69) is 5.32 Å². The zero-order valence-corrected chi connectivity index (χ0v) is 12.3. The number of carbonyl (C=O) groups is 1. The van der Waals surface area contributed by atoms with Crippen molar-refractivity contribution in [3.05, 3.63) is 42.0 Å². The minimum absolute atomic E-state index is 0.256. The number of hydrogen-bond donors (Lipinski definition) is 1. The molecule has 1 aromatic rings. The summed E-state index contributed by atoms with van der Waals surface area (Å²) < 4.78 is 5.66. The van der Waals surface area contributed by atoms with Crippen LogP contribution in [0.4, 0.5) is 0 Å². The first-order chi connectivity index (χ1) is 9.58. The molecule has 0 radical (unpaired) electrons. The Morgan fingerprint density at radius 2 is 1.90 bits per heavy atom. The van der Waals surface area contributed by atoms with Gasteiger partial charge in [-0.1, -0.05) is 30.3 Å². The molecule has 2 rings (SSSR count). The highest BCUT2D eigenvalue weighted by atomic mass is 16.6. The summed E-state index contributed by atoms with van der Waals surface area (Å²) >= 11 is 0. The van der Waals surface area contributed by atoms with Crippen LogP contribution in [0.3, 0.4) is 0 Å². The molecule has 1 heterocycles. The molecule has 108 valence electrons. The molecule has 0 bridgehead atoms. The number of piperidine rings is 1. The molecule has 2 N–H and O–H groups in total. The van der Waals surface area contributed by atoms with Gasteiger partial charge in [-0.25, -0.2) is 4.79 Å². The van der Waals surface area contributed by atoms with Crippen LogP contribution in [0, 0.1) is 5.92 Å². The van der Waals surface area contributed by atoms with E-state index in [1.807, 2.05) is 44.2 Å². The van der Waals surface area contributed by atoms with Crippen molar-refractivity contribution in [3.63, 3.8) is 0 Å². The van der Waals surface area contributed by atoms with Gasteiger partial charge in [-0.05, 0) is 25.5 Å². The molecule has 0 aromatic heterocycles. The standard InChI is InChI=1S/C17H23NO2/c1-17(2,15-10-12-18-13-11-15)20-16(19)9-8-14-6-4-3-5-7-14/h3-9,15,18H,10-13H2,1-2H3/p+1/b9-8+. The van der Waals surface area contributed by atoms with Gasteiger partial charge < -0.3 is 10.1 Å². The second kappa shape index (κ2) is 6.71. The summed E-state index contributed by atoms with van der Waals surface area (Å²) in [5, 5.41) is 2.32. The van der Waals surface area contributed by atoms with E-state index in [-0.39, 0.29) is 11.6 Å². The summed E-state index contributed by atoms with van der Waals surface area (Å²) in [6, 6.07) is 9.79. The molecule has 1 aliphatic rings. The Morgan fingerprint density at radius 3 is 2.55 bits per heavy atom. The van der Waals surface area contributed by atoms with E-state index in [0.29, 0.717) is 5.92 Å². The highest BCUT2D eigenvalue weighted by molar-refractivity contribution is 5.87. The smallest absolute Gasteiger partial charge is 0.331 e. The fraction of sp³-hybridized carbons (Fsp3) is 0.471. The maximum Gasteiger partial charge on any atom is 0.331 e. The van der Waals surface area contributed by atoms with E-state index in [1.54, 1.807) is 6.08 Å². The van der Waals surface area contributed by atoms with Crippen LogP contribution < -0.4 is 5.32 Å². The largest absolute Gasteiger partial charge is 0.456 e. The molecule has 1 aromatic carbocycles. The van der Waals surface area contributed by atoms with Crippen molar-refractivity contribution in [3.8, 4) is 0 Å². The van der Waals surface area contributed by atoms with E-state index in [4.69, 9.17) is 4.74 Å². The molecule has 0 saturated carbocycles. The molecule has 1 saturated heterocycles. The van der Waals surface area contributed by atoms with Gasteiger partial charge in [0.05, 0.1) is 13.1 Å². The molecule has 0 spiro atoms. The maximum absolute atomic E-state index is 12.0. The lowest BCUT2D eigenvalue weighted by atomic mass is 9.83. The fourth-order valence-corrected chi connectivity index (χ4v) is 2.73. The predicted octanol–water partition coefficient (Wildman–Crippen LogP) is 2.00. The highest BCUT2D eigenvalue weighted by Crippen LogP contribution is 2.28. The predicted molar refractivity (Wildman–Crippen MR) is 80.0 cm³/mol. The van der Waals surface area contributed by atoms with Crippen LogP contribution in [0.1, 0.15) is 32.3 Å². The Balaban J connectivity index is 1.91. The Labute approximate surface area is 121 Å². The zero-order chi connectivity index (χ0) is 14.4. The van der Waals surface area contributed by atoms with Gasteiger partial charge in [0.1, 0.15) is 5.60 Å². The normalized spacial score (nSPS) is 17.3. The summed E-state index contributed by atoms with van der Waals surface area (Å²) in [6.45, 7) is 6.31. The molecule has 0 unspecified atom stereocenters. The summed E-state index contributed by atoms with van der Waals surface area (Å²) in [7, 11) is 0. The van der Waals surface area contributed by atoms with Crippen molar-refractivity contribution in [2.75, 3.05) is 13.1 Å². The third-order valence-corrected chi connectivity index (χ3v) is 4.00. The van der Waals surface area contributed by atoms with Gasteiger partial charge in [0, 0.05) is 24.8 Å². The average molecular weight is 274 g/mol. The number of nitrogens with two attached hydrogens (primary N) is 1. The van der Waals surface area contributed by atoms with E-state index >= 15 is 0 Å². The monoisotopic (exact) mass is 274 g/mol. The molecule has 3 nitrogen and oxygen atoms in total. The van der Waals surface area contributed by atoms with Gasteiger partial charge in [-0.15, -0.1) is 0 Å². The Kier molecular flexibility index (Phi) is 4.96. The number of carbonyl (C=O) groups excluding carboxylic acids is 1. The second-order valence-corrected chi connectivity index (χ2v) is 5.91. The van der Waals surface area contributed by atoms with Gasteiger partial charge in [-0.3, -0.25) is 0 Å². The summed E-state index contributed by atoms with van der Waals surface area (Å²) in [5.74, 6) is 0.204. The van der Waals surface area contributed by atoms with Gasteiger partial charge in [0.15, 0.2) is 0 Å². The quantitative estimate of drug-likeness (QED) is 0.674. The van der Waals surface area contributed by atoms with E-state index in [0.717, 1.165) is 31.5 Å². The average Bonchev–Trinajstić information content (AvgIpc) is 2.47. The molecular weight excluding hydrogens is 250 g/mol. The molecular formula is C17H24NO2+. The van der Waals surface area contributed by atoms with Crippen LogP contribution in [-0.2, 0) is 9.53 Å². The Hall–Kier alpha value is -1.61. The van der Waals surface area contributed by atoms with Gasteiger partial charge >= 0.3 is 5.97 Å². The number of rotatable bonds is 4. The fourth-order valence-electron chi connectivity index (χ4n) is 2.73. The lowest BCUT2D eigenvalue weighted by Gasteiger charge is -2.35. The van der Waals surface area contributed by atoms with Gasteiger partial charge in [0.25, 0.3) is 0 Å². The first kappa shape index (κ1) is 14.8. The molecule has 1 fully saturated rings. The van der Waals surface area contributed by atoms with E-state index in [9.17, 15) is 4.79 Å². The Morgan fingerprint density at radius 1 is 1.25 bits per heavy atom. The number of benzene rings is 1. The van der Waals surface area contributed by atoms with Crippen molar-refractivity contribution in [2.45, 2.75) is 32.3 Å². The lowest BCUT2D eigenvalue weighted by molar-refractivity contribution is -0.665. The molecule has 1 aliphatic heterocycles. The van der Waals surface area contributed by atoms with Crippen molar-refractivity contribution in [1.29, 1.82) is 0 Å². The van der Waals surface area contributed by atoms with Crippen LogP contribution in [-0.4, -0.2) is 24.7 Å². The van der Waals surface area contributed by atoms with Crippen LogP contribution >= 0.6 is 0 Å². The van der Waals surface area contributed by atoms with Crippen molar-refractivity contribution < 1.29 is 14.8 Å². The highest BCUT2D eigenvalue weighted by Gasteiger charge is 2.34. The topological polar surface area (TPSA) is 42.9 Å². The number of ether oxygens (including phenoxy) is 1. The first-order valence-electron chi connectivity index (χ1n) is 7.36.